The van der Waals surface area contributed by atoms with Crippen molar-refractivity contribution in [1.29, 1.82) is 0 Å². The summed E-state index contributed by atoms with van der Waals surface area (Å²) in [5.41, 5.74) is 7.45. The monoisotopic (exact) mass is 766 g/mol. The number of nitrogens with zero attached hydrogens (tertiary/aromatic N) is 4. The van der Waals surface area contributed by atoms with Crippen LogP contribution in [0.2, 0.25) is 0 Å². The van der Waals surface area contributed by atoms with Crippen molar-refractivity contribution in [2.75, 3.05) is 27.3 Å². The molecule has 0 unspecified atom stereocenters. The number of rotatable bonds is 11. The molecule has 4 atom stereocenters. The van der Waals surface area contributed by atoms with Crippen molar-refractivity contribution in [3.8, 4) is 33.6 Å². The largest absolute Gasteiger partial charge is 0.453 e. The molecule has 0 bridgehead atoms. The summed E-state index contributed by atoms with van der Waals surface area (Å²) in [5.74, 6) is 0.891. The Morgan fingerprint density at radius 2 is 1.12 bits per heavy atom. The lowest BCUT2D eigenvalue weighted by Gasteiger charge is -2.30. The smallest absolute Gasteiger partial charge is 0.407 e. The molecule has 7 rings (SSSR count). The Balaban J connectivity index is 1.05. The predicted octanol–water partition coefficient (Wildman–Crippen LogP) is 6.03. The van der Waals surface area contributed by atoms with Crippen LogP contribution in [0.1, 0.15) is 77.1 Å². The third kappa shape index (κ3) is 7.34. The fourth-order valence-electron chi connectivity index (χ4n) is 7.95. The Morgan fingerprint density at radius 1 is 0.679 bits per heavy atom. The third-order valence-electron chi connectivity index (χ3n) is 11.0. The number of benzene rings is 1. The van der Waals surface area contributed by atoms with E-state index in [9.17, 15) is 19.2 Å². The molecular weight excluding hydrogens is 717 g/mol. The number of amides is 4. The normalized spacial score (nSPS) is 18.1. The van der Waals surface area contributed by atoms with Gasteiger partial charge in [0, 0.05) is 36.6 Å². The number of H-pyrrole nitrogens is 4. The molecule has 0 radical (unpaired) electrons. The zero-order chi connectivity index (χ0) is 39.7. The number of likely N-dealkylation sites (tertiary alicyclic amines) is 2. The number of fused-ring (bicyclic) bond motifs is 1. The maximum atomic E-state index is 13.6. The number of imidazole rings is 2. The zero-order valence-electron chi connectivity index (χ0n) is 32.6. The number of hydrogen-bond acceptors (Lipinski definition) is 8. The molecule has 2 aliphatic rings. The first-order chi connectivity index (χ1) is 27.0. The second-order valence-corrected chi connectivity index (χ2v) is 15.2. The van der Waals surface area contributed by atoms with E-state index >= 15 is 0 Å². The fourth-order valence-corrected chi connectivity index (χ4v) is 7.95. The molecule has 6 N–H and O–H groups in total. The lowest BCUT2D eigenvalue weighted by Crippen LogP contribution is -2.51. The summed E-state index contributed by atoms with van der Waals surface area (Å²) in [6.07, 6.45) is 9.47. The van der Waals surface area contributed by atoms with E-state index in [2.05, 4.69) is 47.7 Å². The molecule has 6 heterocycles. The van der Waals surface area contributed by atoms with Gasteiger partial charge in [0.2, 0.25) is 11.8 Å². The Bertz CT molecular complexity index is 2200. The molecule has 0 spiro atoms. The van der Waals surface area contributed by atoms with Gasteiger partial charge < -0.3 is 49.8 Å². The van der Waals surface area contributed by atoms with Crippen molar-refractivity contribution in [2.24, 2.45) is 11.8 Å². The van der Waals surface area contributed by atoms with Crippen molar-refractivity contribution in [3.63, 3.8) is 0 Å². The van der Waals surface area contributed by atoms with Gasteiger partial charge >= 0.3 is 12.2 Å². The van der Waals surface area contributed by atoms with Crippen LogP contribution in [0, 0.1) is 11.8 Å². The minimum atomic E-state index is -0.702. The minimum absolute atomic E-state index is 0.111. The number of nitrogens with one attached hydrogen (secondary N) is 6. The highest BCUT2D eigenvalue weighted by Gasteiger charge is 2.39. The van der Waals surface area contributed by atoms with Gasteiger partial charge in [-0.2, -0.15) is 0 Å². The number of methoxy groups -OCH3 is 2. The molecule has 56 heavy (non-hydrogen) atoms. The van der Waals surface area contributed by atoms with E-state index in [-0.39, 0.29) is 35.7 Å². The van der Waals surface area contributed by atoms with Gasteiger partial charge in [0.25, 0.3) is 0 Å². The van der Waals surface area contributed by atoms with E-state index in [1.54, 1.807) is 22.2 Å². The van der Waals surface area contributed by atoms with Crippen LogP contribution in [0.3, 0.4) is 0 Å². The van der Waals surface area contributed by atoms with Crippen LogP contribution >= 0.6 is 0 Å². The van der Waals surface area contributed by atoms with E-state index in [0.717, 1.165) is 70.4 Å². The van der Waals surface area contributed by atoms with Gasteiger partial charge in [-0.3, -0.25) is 9.59 Å². The highest BCUT2D eigenvalue weighted by atomic mass is 16.5. The van der Waals surface area contributed by atoms with Crippen molar-refractivity contribution >= 4 is 35.0 Å². The van der Waals surface area contributed by atoms with E-state index in [1.165, 1.54) is 14.2 Å². The Hall–Kier alpha value is -6.06. The van der Waals surface area contributed by atoms with Gasteiger partial charge in [-0.05, 0) is 48.6 Å². The van der Waals surface area contributed by atoms with Crippen LogP contribution in [0.5, 0.6) is 0 Å². The van der Waals surface area contributed by atoms with Crippen molar-refractivity contribution < 1.29 is 28.7 Å². The lowest BCUT2D eigenvalue weighted by molar-refractivity contribution is -0.136. The average molecular weight is 767 g/mol. The standard InChI is InChI=1S/C40H50N10O6/c1-21(2)31(47-39(53)55-5)37(51)49-15-7-9-29(49)35-43-19-27(45-35)24-13-11-23(12-14-24)25-17-41-34-26(18-42-33(25)34)28-20-44-36(46-28)30-10-8-16-50(30)38(52)32(22(3)4)48-40(54)56-6/h11-14,17-22,29-32,41-42H,7-10,15-16H2,1-6H3,(H,43,45)(H,44,46)(H,47,53)(H,48,54)/t29-,30-,31-,32-/m0/s1. The first-order valence-corrected chi connectivity index (χ1v) is 19.2. The van der Waals surface area contributed by atoms with Gasteiger partial charge in [0.05, 0.1) is 61.1 Å². The lowest BCUT2D eigenvalue weighted by atomic mass is 10.0. The number of ether oxygens (including phenoxy) is 2. The zero-order valence-corrected chi connectivity index (χ0v) is 32.6. The highest BCUT2D eigenvalue weighted by molar-refractivity contribution is 6.01. The maximum Gasteiger partial charge on any atom is 0.407 e. The van der Waals surface area contributed by atoms with Gasteiger partial charge in [-0.15, -0.1) is 0 Å². The SMILES string of the molecule is COC(=O)N[C@H](C(=O)N1CCC[C@H]1c1ncc(-c2ccc(-c3c[nH]c4c(-c5cnc([C@@H]6CCCN6C(=O)[C@@H](NC(=O)OC)C(C)C)[nH]5)c[nH]c34)cc2)[nH]1)C(C)C. The second kappa shape index (κ2) is 16.0. The van der Waals surface area contributed by atoms with Crippen LogP contribution in [0.4, 0.5) is 9.59 Å². The Kier molecular flexibility index (Phi) is 10.9. The van der Waals surface area contributed by atoms with E-state index in [4.69, 9.17) is 14.5 Å². The minimum Gasteiger partial charge on any atom is -0.453 e. The molecule has 2 fully saturated rings. The average Bonchev–Trinajstić information content (AvgIpc) is 4.04. The quantitative estimate of drug-likeness (QED) is 0.0934. The van der Waals surface area contributed by atoms with Crippen LogP contribution in [0.25, 0.3) is 44.7 Å². The number of aromatic nitrogens is 6. The van der Waals surface area contributed by atoms with Crippen molar-refractivity contribution in [1.82, 2.24) is 50.3 Å². The summed E-state index contributed by atoms with van der Waals surface area (Å²) in [6.45, 7) is 8.76. The molecule has 4 aromatic heterocycles. The number of aromatic amines is 4. The van der Waals surface area contributed by atoms with Gasteiger partial charge in [-0.25, -0.2) is 19.6 Å². The Labute approximate surface area is 324 Å². The van der Waals surface area contributed by atoms with E-state index in [0.29, 0.717) is 24.7 Å². The summed E-state index contributed by atoms with van der Waals surface area (Å²) >= 11 is 0. The number of carbonyl (C=O) groups is 4. The highest BCUT2D eigenvalue weighted by Crippen LogP contribution is 2.38. The van der Waals surface area contributed by atoms with Crippen LogP contribution in [-0.2, 0) is 19.1 Å². The van der Waals surface area contributed by atoms with Gasteiger partial charge in [0.1, 0.15) is 23.7 Å². The molecule has 4 amide bonds. The number of alkyl carbamates (subject to hydrolysis) is 2. The third-order valence-corrected chi connectivity index (χ3v) is 11.0. The molecule has 2 aliphatic heterocycles. The molecule has 5 aromatic rings. The molecule has 0 aliphatic carbocycles. The van der Waals surface area contributed by atoms with Crippen molar-refractivity contribution in [2.45, 2.75) is 77.5 Å². The van der Waals surface area contributed by atoms with Gasteiger partial charge in [-0.1, -0.05) is 52.0 Å². The molecule has 296 valence electrons. The topological polar surface area (TPSA) is 206 Å². The summed E-state index contributed by atoms with van der Waals surface area (Å²) in [6, 6.07) is 6.37. The van der Waals surface area contributed by atoms with Crippen LogP contribution in [0.15, 0.2) is 49.1 Å². The molecular formula is C40H50N10O6. The Morgan fingerprint density at radius 3 is 1.62 bits per heavy atom. The summed E-state index contributed by atoms with van der Waals surface area (Å²) < 4.78 is 9.52. The van der Waals surface area contributed by atoms with E-state index in [1.807, 2.05) is 52.2 Å². The number of carbonyl (C=O) groups excluding carboxylic acids is 4. The van der Waals surface area contributed by atoms with Gasteiger partial charge in [0.15, 0.2) is 0 Å². The summed E-state index contributed by atoms with van der Waals surface area (Å²) in [5, 5.41) is 5.39. The maximum absolute atomic E-state index is 13.6. The molecule has 1 aromatic carbocycles. The predicted molar refractivity (Wildman–Crippen MR) is 209 cm³/mol. The van der Waals surface area contributed by atoms with Crippen molar-refractivity contribution in [3.05, 3.63) is 60.7 Å². The number of hydrogen-bond donors (Lipinski definition) is 6. The fraction of sp³-hybridized carbons (Fsp3) is 0.450. The van der Waals surface area contributed by atoms with Crippen LogP contribution < -0.4 is 10.6 Å². The molecule has 16 heteroatoms. The second-order valence-electron chi connectivity index (χ2n) is 15.2. The first-order valence-electron chi connectivity index (χ1n) is 19.2. The first kappa shape index (κ1) is 38.2. The van der Waals surface area contributed by atoms with E-state index < -0.39 is 24.3 Å². The molecule has 16 nitrogen and oxygen atoms in total. The molecule has 0 saturated carbocycles. The summed E-state index contributed by atoms with van der Waals surface area (Å²) in [4.78, 5) is 77.9. The van der Waals surface area contributed by atoms with Crippen LogP contribution in [-0.4, -0.2) is 103 Å². The summed E-state index contributed by atoms with van der Waals surface area (Å²) in [7, 11) is 2.57. The molecule has 2 saturated heterocycles.